The number of amidine groups is 1. The first kappa shape index (κ1) is 35.9. The molecule has 0 bridgehead atoms. The fourth-order valence-corrected chi connectivity index (χ4v) is 5.53. The van der Waals surface area contributed by atoms with E-state index in [0.29, 0.717) is 25.3 Å². The molecule has 1 rings (SSSR count). The molecular weight excluding hydrogens is 491 g/mol. The fraction of sp³-hybridized carbons (Fsp3) is 0.846. The van der Waals surface area contributed by atoms with Gasteiger partial charge < -0.3 is 14.8 Å². The van der Waals surface area contributed by atoms with Crippen molar-refractivity contribution in [2.75, 3.05) is 38.5 Å². The Bertz CT molecular complexity index is 747. The average Bonchev–Trinajstić information content (AvgIpc) is 3.18. The van der Waals surface area contributed by atoms with Crippen LogP contribution in [-0.2, 0) is 14.9 Å². The molecule has 10 heteroatoms. The van der Waals surface area contributed by atoms with Crippen LogP contribution in [0.1, 0.15) is 96.3 Å². The third-order valence-corrected chi connectivity index (χ3v) is 7.58. The normalized spacial score (nSPS) is 18.5. The van der Waals surface area contributed by atoms with Crippen molar-refractivity contribution in [2.45, 2.75) is 102 Å². The van der Waals surface area contributed by atoms with Gasteiger partial charge in [0.2, 0.25) is 5.78 Å². The summed E-state index contributed by atoms with van der Waals surface area (Å²) in [5, 5.41) is 19.6. The van der Waals surface area contributed by atoms with Crippen LogP contribution >= 0.6 is 0 Å². The van der Waals surface area contributed by atoms with Gasteiger partial charge in [0.1, 0.15) is 25.7 Å². The van der Waals surface area contributed by atoms with Crippen LogP contribution in [0.15, 0.2) is 17.6 Å². The van der Waals surface area contributed by atoms with E-state index in [1.54, 1.807) is 0 Å². The molecule has 0 radical (unpaired) electrons. The minimum atomic E-state index is -4.58. The number of unbranched alkanes of at least 4 members (excludes halogenated alkanes) is 13. The van der Waals surface area contributed by atoms with E-state index >= 15 is 0 Å². The SMILES string of the molecule is C=CCCCCCCCCCCCCCCCC(=O)C1=NCC[N+]1(CCO)CC(O)CS(=O)(=O)[O-].[Na+]. The van der Waals surface area contributed by atoms with Crippen molar-refractivity contribution in [3.63, 3.8) is 0 Å². The zero-order valence-electron chi connectivity index (χ0n) is 22.5. The van der Waals surface area contributed by atoms with Crippen molar-refractivity contribution >= 4 is 21.7 Å². The van der Waals surface area contributed by atoms with Crippen LogP contribution in [0.4, 0.5) is 0 Å². The summed E-state index contributed by atoms with van der Waals surface area (Å²) < 4.78 is 32.9. The van der Waals surface area contributed by atoms with E-state index < -0.39 is 22.0 Å². The topological polar surface area (TPSA) is 127 Å². The molecule has 2 N–H and O–H groups in total. The van der Waals surface area contributed by atoms with Crippen LogP contribution in [0, 0.1) is 0 Å². The third kappa shape index (κ3) is 16.0. The molecule has 0 aromatic rings. The maximum Gasteiger partial charge on any atom is 1.00 e. The number of nitrogens with zero attached hydrogens (tertiary/aromatic N) is 2. The number of hydrogen-bond acceptors (Lipinski definition) is 7. The number of carbonyl (C=O) groups excluding carboxylic acids is 1. The number of aliphatic hydroxyl groups excluding tert-OH is 2. The smallest absolute Gasteiger partial charge is 0.748 e. The number of aliphatic hydroxyl groups is 2. The summed E-state index contributed by atoms with van der Waals surface area (Å²) in [6.07, 6.45) is 17.8. The van der Waals surface area contributed by atoms with E-state index in [9.17, 15) is 28.0 Å². The summed E-state index contributed by atoms with van der Waals surface area (Å²) >= 11 is 0. The number of hydrogen-bond donors (Lipinski definition) is 2. The molecule has 1 heterocycles. The predicted molar refractivity (Wildman–Crippen MR) is 139 cm³/mol. The molecule has 0 fully saturated rings. The maximum absolute atomic E-state index is 12.8. The number of carbonyl (C=O) groups is 1. The summed E-state index contributed by atoms with van der Waals surface area (Å²) in [5.74, 6) is -0.726. The van der Waals surface area contributed by atoms with Crippen molar-refractivity contribution in [3.05, 3.63) is 12.7 Å². The van der Waals surface area contributed by atoms with E-state index in [1.807, 2.05) is 6.08 Å². The Morgan fingerprint density at radius 1 is 1.00 bits per heavy atom. The fourth-order valence-electron chi connectivity index (χ4n) is 4.96. The van der Waals surface area contributed by atoms with Crippen LogP contribution in [0.25, 0.3) is 0 Å². The number of allylic oxidation sites excluding steroid dienone is 1. The zero-order chi connectivity index (χ0) is 26.0. The van der Waals surface area contributed by atoms with E-state index in [2.05, 4.69) is 11.6 Å². The summed E-state index contributed by atoms with van der Waals surface area (Å²) in [7, 11) is -4.58. The average molecular weight is 540 g/mol. The number of rotatable bonds is 23. The van der Waals surface area contributed by atoms with Crippen molar-refractivity contribution in [3.8, 4) is 0 Å². The minimum Gasteiger partial charge on any atom is -0.748 e. The number of Topliss-reactive ketones (excluding diaryl/α,β-unsaturated/α-hetero) is 1. The van der Waals surface area contributed by atoms with Gasteiger partial charge in [-0.1, -0.05) is 76.7 Å². The number of aliphatic imine (C=N–C) groups is 1. The Hall–Kier alpha value is -0.130. The van der Waals surface area contributed by atoms with Crippen molar-refractivity contribution in [1.82, 2.24) is 0 Å². The Kier molecular flexibility index (Phi) is 20.7. The summed E-state index contributed by atoms with van der Waals surface area (Å²) in [5.41, 5.74) is 0. The van der Waals surface area contributed by atoms with Crippen LogP contribution in [-0.4, -0.2) is 83.9 Å². The van der Waals surface area contributed by atoms with Crippen molar-refractivity contribution in [1.29, 1.82) is 0 Å². The molecule has 204 valence electrons. The van der Waals surface area contributed by atoms with Crippen molar-refractivity contribution in [2.24, 2.45) is 4.99 Å². The van der Waals surface area contributed by atoms with Crippen LogP contribution in [0.5, 0.6) is 0 Å². The van der Waals surface area contributed by atoms with Gasteiger partial charge in [-0.2, -0.15) is 0 Å². The first-order valence-electron chi connectivity index (χ1n) is 13.5. The molecule has 1 aliphatic heterocycles. The van der Waals surface area contributed by atoms with Crippen molar-refractivity contribution < 1.29 is 62.0 Å². The van der Waals surface area contributed by atoms with Gasteiger partial charge in [-0.05, 0) is 19.3 Å². The summed E-state index contributed by atoms with van der Waals surface area (Å²) in [6.45, 7) is 4.38. The molecule has 2 unspecified atom stereocenters. The molecular formula is C26H48N2NaO6S+. The minimum absolute atomic E-state index is 0. The third-order valence-electron chi connectivity index (χ3n) is 6.79. The quantitative estimate of drug-likeness (QED) is 0.0648. The van der Waals surface area contributed by atoms with E-state index in [1.165, 1.54) is 64.2 Å². The van der Waals surface area contributed by atoms with Gasteiger partial charge in [0, 0.05) is 6.42 Å². The molecule has 0 saturated carbocycles. The first-order valence-corrected chi connectivity index (χ1v) is 15.1. The van der Waals surface area contributed by atoms with Gasteiger partial charge >= 0.3 is 29.6 Å². The molecule has 0 aromatic heterocycles. The molecule has 0 aromatic carbocycles. The van der Waals surface area contributed by atoms with Crippen LogP contribution in [0.3, 0.4) is 0 Å². The molecule has 0 amide bonds. The van der Waals surface area contributed by atoms with E-state index in [0.717, 1.165) is 25.7 Å². The maximum atomic E-state index is 12.8. The summed E-state index contributed by atoms with van der Waals surface area (Å²) in [6, 6.07) is 0. The Labute approximate surface area is 241 Å². The Morgan fingerprint density at radius 3 is 1.97 bits per heavy atom. The predicted octanol–water partition coefficient (Wildman–Crippen LogP) is 0.724. The zero-order valence-corrected chi connectivity index (χ0v) is 25.4. The Balaban J connectivity index is 0.0000122. The monoisotopic (exact) mass is 539 g/mol. The van der Waals surface area contributed by atoms with E-state index in [-0.39, 0.29) is 59.5 Å². The second-order valence-electron chi connectivity index (χ2n) is 9.93. The molecule has 0 saturated heterocycles. The van der Waals surface area contributed by atoms with Gasteiger partial charge in [0.25, 0.3) is 5.84 Å². The summed E-state index contributed by atoms with van der Waals surface area (Å²) in [4.78, 5) is 17.2. The number of quaternary nitrogens is 1. The van der Waals surface area contributed by atoms with E-state index in [4.69, 9.17) is 0 Å². The molecule has 0 spiro atoms. The van der Waals surface area contributed by atoms with Gasteiger partial charge in [-0.3, -0.25) is 9.28 Å². The molecule has 1 aliphatic rings. The van der Waals surface area contributed by atoms with Crippen LogP contribution in [0.2, 0.25) is 0 Å². The van der Waals surface area contributed by atoms with Gasteiger partial charge in [-0.15, -0.1) is 6.58 Å². The standard InChI is InChI=1S/C26H48N2O6S.Na/c1-2-3-4-5-6-7-8-9-10-11-12-13-14-15-16-17-25(31)26-27-18-19-28(26,20-21-29)22-24(30)23-35(32,33)34;/h2,24,29-30H,1,3-23H2;/q;+1. The first-order chi connectivity index (χ1) is 16.7. The van der Waals surface area contributed by atoms with Crippen LogP contribution < -0.4 is 29.6 Å². The Morgan fingerprint density at radius 2 is 1.50 bits per heavy atom. The molecule has 2 atom stereocenters. The second kappa shape index (κ2) is 20.8. The largest absolute Gasteiger partial charge is 1.00 e. The molecule has 36 heavy (non-hydrogen) atoms. The van der Waals surface area contributed by atoms with Gasteiger partial charge in [0.05, 0.1) is 29.0 Å². The molecule has 0 aliphatic carbocycles. The second-order valence-corrected chi connectivity index (χ2v) is 11.4. The van der Waals surface area contributed by atoms with Gasteiger partial charge in [0.15, 0.2) is 0 Å². The number of ketones is 1. The molecule has 8 nitrogen and oxygen atoms in total. The van der Waals surface area contributed by atoms with Gasteiger partial charge in [-0.25, -0.2) is 13.4 Å².